The Morgan fingerprint density at radius 2 is 1.85 bits per heavy atom. The third-order valence-electron chi connectivity index (χ3n) is 5.09. The highest BCUT2D eigenvalue weighted by atomic mass is 32.1. The van der Waals surface area contributed by atoms with Crippen molar-refractivity contribution in [3.05, 3.63) is 41.5 Å². The number of fused-ring (bicyclic) bond motifs is 2. The fourth-order valence-corrected chi connectivity index (χ4v) is 4.80. The van der Waals surface area contributed by atoms with Gasteiger partial charge in [0, 0.05) is 18.7 Å². The van der Waals surface area contributed by atoms with E-state index in [0.717, 1.165) is 51.1 Å². The van der Waals surface area contributed by atoms with Crippen molar-refractivity contribution < 1.29 is 4.39 Å². The summed E-state index contributed by atoms with van der Waals surface area (Å²) in [4.78, 5) is 11.3. The van der Waals surface area contributed by atoms with E-state index in [1.165, 1.54) is 19.3 Å². The summed E-state index contributed by atoms with van der Waals surface area (Å²) in [6.07, 6.45) is 5.51. The molecule has 0 saturated carbocycles. The summed E-state index contributed by atoms with van der Waals surface area (Å²) in [5.74, 6) is -0.289. The normalized spacial score (nSPS) is 15.1. The molecule has 1 fully saturated rings. The molecule has 0 aliphatic carbocycles. The van der Waals surface area contributed by atoms with Gasteiger partial charge in [-0.15, -0.1) is 0 Å². The molecular formula is C20H20FN5S. The van der Waals surface area contributed by atoms with E-state index < -0.39 is 0 Å². The number of aryl methyl sites for hydroxylation is 2. The summed E-state index contributed by atoms with van der Waals surface area (Å²) >= 11 is 1.57. The van der Waals surface area contributed by atoms with Crippen LogP contribution in [0.1, 0.15) is 30.5 Å². The zero-order chi connectivity index (χ0) is 18.5. The Labute approximate surface area is 160 Å². The van der Waals surface area contributed by atoms with Crippen LogP contribution < -0.4 is 4.90 Å². The number of anilines is 1. The molecule has 7 heteroatoms. The Kier molecular flexibility index (Phi) is 3.86. The van der Waals surface area contributed by atoms with Gasteiger partial charge in [-0.25, -0.2) is 18.9 Å². The van der Waals surface area contributed by atoms with Crippen molar-refractivity contribution in [1.29, 1.82) is 0 Å². The largest absolute Gasteiger partial charge is 0.348 e. The molecule has 3 aromatic heterocycles. The zero-order valence-corrected chi connectivity index (χ0v) is 16.2. The number of hydrogen-bond acceptors (Lipinski definition) is 5. The summed E-state index contributed by atoms with van der Waals surface area (Å²) in [5, 5.41) is 5.55. The summed E-state index contributed by atoms with van der Waals surface area (Å²) in [6, 6.07) is 5.51. The lowest BCUT2D eigenvalue weighted by molar-refractivity contribution is 0.577. The molecule has 1 saturated heterocycles. The van der Waals surface area contributed by atoms with Gasteiger partial charge in [-0.2, -0.15) is 5.10 Å². The van der Waals surface area contributed by atoms with Crippen molar-refractivity contribution in [3.8, 4) is 11.3 Å². The van der Waals surface area contributed by atoms with Gasteiger partial charge in [-0.3, -0.25) is 0 Å². The van der Waals surface area contributed by atoms with Crippen LogP contribution in [0.3, 0.4) is 0 Å². The summed E-state index contributed by atoms with van der Waals surface area (Å²) < 4.78 is 17.4. The maximum absolute atomic E-state index is 14.8. The van der Waals surface area contributed by atoms with E-state index in [0.29, 0.717) is 5.52 Å². The number of piperidine rings is 1. The third-order valence-corrected chi connectivity index (χ3v) is 6.15. The lowest BCUT2D eigenvalue weighted by atomic mass is 10.1. The first-order valence-electron chi connectivity index (χ1n) is 9.27. The average Bonchev–Trinajstić information content (AvgIpc) is 3.26. The summed E-state index contributed by atoms with van der Waals surface area (Å²) in [5.41, 5.74) is 4.74. The molecule has 138 valence electrons. The molecule has 0 radical (unpaired) electrons. The Morgan fingerprint density at radius 3 is 2.67 bits per heavy atom. The number of nitrogens with zero attached hydrogens (tertiary/aromatic N) is 5. The zero-order valence-electron chi connectivity index (χ0n) is 15.4. The van der Waals surface area contributed by atoms with Crippen molar-refractivity contribution in [2.75, 3.05) is 18.0 Å². The number of halogens is 1. The van der Waals surface area contributed by atoms with E-state index in [9.17, 15) is 4.39 Å². The Bertz CT molecular complexity index is 1160. The molecule has 1 aliphatic heterocycles. The van der Waals surface area contributed by atoms with Crippen LogP contribution in [0.4, 0.5) is 9.52 Å². The van der Waals surface area contributed by atoms with Gasteiger partial charge in [-0.05, 0) is 56.9 Å². The monoisotopic (exact) mass is 381 g/mol. The van der Waals surface area contributed by atoms with E-state index in [1.807, 2.05) is 32.2 Å². The molecule has 4 heterocycles. The van der Waals surface area contributed by atoms with E-state index in [1.54, 1.807) is 21.9 Å². The average molecular weight is 381 g/mol. The van der Waals surface area contributed by atoms with Crippen molar-refractivity contribution in [3.63, 3.8) is 0 Å². The molecule has 4 aromatic rings. The predicted octanol–water partition coefficient (Wildman–Crippen LogP) is 4.75. The first-order chi connectivity index (χ1) is 13.1. The van der Waals surface area contributed by atoms with Crippen LogP contribution in [0.5, 0.6) is 0 Å². The van der Waals surface area contributed by atoms with Gasteiger partial charge in [0.25, 0.3) is 0 Å². The smallest absolute Gasteiger partial charge is 0.186 e. The highest BCUT2D eigenvalue weighted by molar-refractivity contribution is 7.22. The maximum atomic E-state index is 14.8. The van der Waals surface area contributed by atoms with Crippen LogP contribution in [0.2, 0.25) is 0 Å². The third kappa shape index (κ3) is 2.86. The highest BCUT2D eigenvalue weighted by Crippen LogP contribution is 2.35. The number of thiazole rings is 1. The second kappa shape index (κ2) is 6.27. The molecular weight excluding hydrogens is 361 g/mol. The highest BCUT2D eigenvalue weighted by Gasteiger charge is 2.18. The molecule has 5 rings (SSSR count). The standard InChI is InChI=1S/C20H20FN5S/c1-12-8-16(24-26-11-13(2)22-19(12)26)14-9-15(21)18-17(10-14)27-20(23-18)25-6-4-3-5-7-25/h8-11H,3-7H2,1-2H3. The quantitative estimate of drug-likeness (QED) is 0.503. The van der Waals surface area contributed by atoms with Gasteiger partial charge in [0.2, 0.25) is 0 Å². The minimum atomic E-state index is -0.289. The van der Waals surface area contributed by atoms with Crippen molar-refractivity contribution in [2.45, 2.75) is 33.1 Å². The Morgan fingerprint density at radius 1 is 1.04 bits per heavy atom. The predicted molar refractivity (Wildman–Crippen MR) is 107 cm³/mol. The molecule has 0 bridgehead atoms. The number of imidazole rings is 1. The Hall–Kier alpha value is -2.54. The number of hydrogen-bond donors (Lipinski definition) is 0. The maximum Gasteiger partial charge on any atom is 0.186 e. The van der Waals surface area contributed by atoms with Crippen LogP contribution in [-0.2, 0) is 0 Å². The number of rotatable bonds is 2. The van der Waals surface area contributed by atoms with Crippen LogP contribution in [-0.4, -0.2) is 32.7 Å². The van der Waals surface area contributed by atoms with Crippen LogP contribution in [0, 0.1) is 19.7 Å². The second-order valence-corrected chi connectivity index (χ2v) is 8.22. The number of aromatic nitrogens is 4. The summed E-state index contributed by atoms with van der Waals surface area (Å²) in [6.45, 7) is 5.96. The van der Waals surface area contributed by atoms with Gasteiger partial charge in [0.15, 0.2) is 16.6 Å². The van der Waals surface area contributed by atoms with Crippen LogP contribution in [0.15, 0.2) is 24.4 Å². The molecule has 27 heavy (non-hydrogen) atoms. The Balaban J connectivity index is 1.61. The van der Waals surface area contributed by atoms with Crippen molar-refractivity contribution >= 4 is 32.3 Å². The molecule has 0 N–H and O–H groups in total. The van der Waals surface area contributed by atoms with Gasteiger partial charge < -0.3 is 4.90 Å². The van der Waals surface area contributed by atoms with Gasteiger partial charge in [-0.1, -0.05) is 11.3 Å². The SMILES string of the molecule is Cc1cn2nc(-c3cc(F)c4nc(N5CCCCC5)sc4c3)cc(C)c2n1. The topological polar surface area (TPSA) is 46.3 Å². The summed E-state index contributed by atoms with van der Waals surface area (Å²) in [7, 11) is 0. The van der Waals surface area contributed by atoms with Crippen molar-refractivity contribution in [1.82, 2.24) is 19.6 Å². The molecule has 1 aromatic carbocycles. The first-order valence-corrected chi connectivity index (χ1v) is 10.1. The lowest BCUT2D eigenvalue weighted by Gasteiger charge is -2.25. The number of benzene rings is 1. The minimum Gasteiger partial charge on any atom is -0.348 e. The molecule has 0 atom stereocenters. The fourth-order valence-electron chi connectivity index (χ4n) is 3.73. The van der Waals surface area contributed by atoms with E-state index in [-0.39, 0.29) is 5.82 Å². The first kappa shape index (κ1) is 16.6. The second-order valence-electron chi connectivity index (χ2n) is 7.21. The van der Waals surface area contributed by atoms with Crippen LogP contribution >= 0.6 is 11.3 Å². The van der Waals surface area contributed by atoms with Gasteiger partial charge in [0.1, 0.15) is 5.52 Å². The lowest BCUT2D eigenvalue weighted by Crippen LogP contribution is -2.29. The van der Waals surface area contributed by atoms with Crippen LogP contribution in [0.25, 0.3) is 27.1 Å². The van der Waals surface area contributed by atoms with E-state index in [2.05, 4.69) is 20.0 Å². The molecule has 0 spiro atoms. The van der Waals surface area contributed by atoms with Gasteiger partial charge >= 0.3 is 0 Å². The molecule has 5 nitrogen and oxygen atoms in total. The van der Waals surface area contributed by atoms with Gasteiger partial charge in [0.05, 0.1) is 22.3 Å². The van der Waals surface area contributed by atoms with E-state index >= 15 is 0 Å². The van der Waals surface area contributed by atoms with E-state index in [4.69, 9.17) is 0 Å². The molecule has 0 unspecified atom stereocenters. The molecule has 1 aliphatic rings. The fraction of sp³-hybridized carbons (Fsp3) is 0.350. The minimum absolute atomic E-state index is 0.289. The molecule has 0 amide bonds. The van der Waals surface area contributed by atoms with Crippen molar-refractivity contribution in [2.24, 2.45) is 0 Å².